The molecule has 1 aliphatic heterocycles. The maximum absolute atomic E-state index is 9.52. The third-order valence-electron chi connectivity index (χ3n) is 4.58. The second-order valence-electron chi connectivity index (χ2n) is 6.43. The van der Waals surface area contributed by atoms with E-state index in [0.717, 1.165) is 67.2 Å². The number of benzene rings is 1. The van der Waals surface area contributed by atoms with Gasteiger partial charge in [0.2, 0.25) is 0 Å². The first kappa shape index (κ1) is 16.8. The molecule has 0 spiro atoms. The van der Waals surface area contributed by atoms with E-state index in [4.69, 9.17) is 16.0 Å². The van der Waals surface area contributed by atoms with Gasteiger partial charge in [0.15, 0.2) is 0 Å². The summed E-state index contributed by atoms with van der Waals surface area (Å²) < 4.78 is 5.88. The average molecular weight is 337 g/mol. The topological polar surface area (TPSA) is 48.6 Å². The van der Waals surface area contributed by atoms with Crippen LogP contribution < -0.4 is 5.32 Å². The molecule has 1 aromatic carbocycles. The summed E-state index contributed by atoms with van der Waals surface area (Å²) in [4.78, 5) is 2.43. The zero-order valence-corrected chi connectivity index (χ0v) is 14.4. The summed E-state index contributed by atoms with van der Waals surface area (Å²) in [5.74, 6) is 0.948. The SMILES string of the molecule is C[C@H](NCCCN1CCC(O)CC1)c1cc2cc(Cl)ccc2o1. The zero-order chi connectivity index (χ0) is 16.2. The number of aliphatic hydroxyl groups excluding tert-OH is 1. The molecule has 23 heavy (non-hydrogen) atoms. The molecule has 0 radical (unpaired) electrons. The van der Waals surface area contributed by atoms with E-state index in [0.29, 0.717) is 0 Å². The van der Waals surface area contributed by atoms with Crippen molar-refractivity contribution in [1.29, 1.82) is 0 Å². The Bertz CT molecular complexity index is 635. The highest BCUT2D eigenvalue weighted by atomic mass is 35.5. The minimum absolute atomic E-state index is 0.0917. The van der Waals surface area contributed by atoms with Crippen molar-refractivity contribution < 1.29 is 9.52 Å². The molecule has 2 aromatic rings. The lowest BCUT2D eigenvalue weighted by Crippen LogP contribution is -2.37. The lowest BCUT2D eigenvalue weighted by molar-refractivity contribution is 0.0820. The zero-order valence-electron chi connectivity index (χ0n) is 13.6. The summed E-state index contributed by atoms with van der Waals surface area (Å²) in [5, 5.41) is 14.8. The fourth-order valence-corrected chi connectivity index (χ4v) is 3.29. The van der Waals surface area contributed by atoms with Crippen molar-refractivity contribution in [3.63, 3.8) is 0 Å². The summed E-state index contributed by atoms with van der Waals surface area (Å²) in [6.45, 7) is 6.19. The molecule has 0 unspecified atom stereocenters. The van der Waals surface area contributed by atoms with Gasteiger partial charge in [-0.3, -0.25) is 0 Å². The highest BCUT2D eigenvalue weighted by Crippen LogP contribution is 2.26. The first-order chi connectivity index (χ1) is 11.1. The van der Waals surface area contributed by atoms with Gasteiger partial charge in [0, 0.05) is 23.5 Å². The van der Waals surface area contributed by atoms with Crippen LogP contribution in [-0.2, 0) is 0 Å². The number of fused-ring (bicyclic) bond motifs is 1. The number of halogens is 1. The van der Waals surface area contributed by atoms with Crippen LogP contribution in [0, 0.1) is 0 Å². The number of furan rings is 1. The van der Waals surface area contributed by atoms with Gasteiger partial charge in [0.05, 0.1) is 12.1 Å². The first-order valence-electron chi connectivity index (χ1n) is 8.44. The summed E-state index contributed by atoms with van der Waals surface area (Å²) in [6, 6.07) is 7.94. The van der Waals surface area contributed by atoms with Crippen molar-refractivity contribution in [2.45, 2.75) is 38.3 Å². The molecule has 4 nitrogen and oxygen atoms in total. The number of nitrogens with zero attached hydrogens (tertiary/aromatic N) is 1. The first-order valence-corrected chi connectivity index (χ1v) is 8.82. The Morgan fingerprint density at radius 2 is 2.13 bits per heavy atom. The smallest absolute Gasteiger partial charge is 0.134 e. The third-order valence-corrected chi connectivity index (χ3v) is 4.82. The Morgan fingerprint density at radius 3 is 2.91 bits per heavy atom. The van der Waals surface area contributed by atoms with E-state index in [9.17, 15) is 5.11 Å². The lowest BCUT2D eigenvalue weighted by atomic mass is 10.1. The van der Waals surface area contributed by atoms with Gasteiger partial charge >= 0.3 is 0 Å². The monoisotopic (exact) mass is 336 g/mol. The van der Waals surface area contributed by atoms with Gasteiger partial charge in [-0.25, -0.2) is 0 Å². The molecule has 126 valence electrons. The van der Waals surface area contributed by atoms with Gasteiger partial charge in [-0.05, 0) is 63.5 Å². The van der Waals surface area contributed by atoms with Crippen molar-refractivity contribution in [2.24, 2.45) is 0 Å². The predicted octanol–water partition coefficient (Wildman–Crippen LogP) is 3.58. The molecule has 2 heterocycles. The van der Waals surface area contributed by atoms with Crippen molar-refractivity contribution in [3.05, 3.63) is 35.0 Å². The van der Waals surface area contributed by atoms with Gasteiger partial charge in [-0.15, -0.1) is 0 Å². The van der Waals surface area contributed by atoms with E-state index < -0.39 is 0 Å². The van der Waals surface area contributed by atoms with Crippen LogP contribution in [0.2, 0.25) is 5.02 Å². The second kappa shape index (κ2) is 7.67. The van der Waals surface area contributed by atoms with Crippen molar-refractivity contribution in [2.75, 3.05) is 26.2 Å². The minimum atomic E-state index is -0.0917. The average Bonchev–Trinajstić information content (AvgIpc) is 2.96. The van der Waals surface area contributed by atoms with Crippen LogP contribution in [0.25, 0.3) is 11.0 Å². The molecule has 0 aliphatic carbocycles. The molecule has 1 saturated heterocycles. The molecular formula is C18H25ClN2O2. The van der Waals surface area contributed by atoms with Crippen LogP contribution in [-0.4, -0.2) is 42.3 Å². The molecule has 0 bridgehead atoms. The molecule has 0 amide bonds. The number of likely N-dealkylation sites (tertiary alicyclic amines) is 1. The van der Waals surface area contributed by atoms with Gasteiger partial charge < -0.3 is 19.7 Å². The molecule has 1 aromatic heterocycles. The predicted molar refractivity (Wildman–Crippen MR) is 93.9 cm³/mol. The van der Waals surface area contributed by atoms with E-state index in [-0.39, 0.29) is 12.1 Å². The van der Waals surface area contributed by atoms with E-state index in [1.54, 1.807) is 0 Å². The highest BCUT2D eigenvalue weighted by Gasteiger charge is 2.16. The van der Waals surface area contributed by atoms with Crippen LogP contribution in [0.3, 0.4) is 0 Å². The Hall–Kier alpha value is -1.07. The molecule has 1 fully saturated rings. The molecule has 3 rings (SSSR count). The van der Waals surface area contributed by atoms with Gasteiger partial charge in [0.25, 0.3) is 0 Å². The van der Waals surface area contributed by atoms with E-state index in [2.05, 4.69) is 23.2 Å². The Balaban J connectivity index is 1.44. The van der Waals surface area contributed by atoms with Crippen molar-refractivity contribution >= 4 is 22.6 Å². The van der Waals surface area contributed by atoms with Gasteiger partial charge in [0.1, 0.15) is 11.3 Å². The van der Waals surface area contributed by atoms with Gasteiger partial charge in [-0.1, -0.05) is 11.6 Å². The minimum Gasteiger partial charge on any atom is -0.459 e. The fourth-order valence-electron chi connectivity index (χ4n) is 3.11. The van der Waals surface area contributed by atoms with Crippen LogP contribution in [0.1, 0.15) is 38.0 Å². The molecule has 0 saturated carbocycles. The Kier molecular flexibility index (Phi) is 5.59. The molecule has 1 atom stereocenters. The summed E-state index contributed by atoms with van der Waals surface area (Å²) >= 11 is 6.02. The van der Waals surface area contributed by atoms with Crippen LogP contribution in [0.15, 0.2) is 28.7 Å². The number of piperidine rings is 1. The number of rotatable bonds is 6. The maximum atomic E-state index is 9.52. The van der Waals surface area contributed by atoms with Crippen molar-refractivity contribution in [1.82, 2.24) is 10.2 Å². The second-order valence-corrected chi connectivity index (χ2v) is 6.87. The van der Waals surface area contributed by atoms with Crippen LogP contribution in [0.5, 0.6) is 0 Å². The number of aliphatic hydroxyl groups is 1. The lowest BCUT2D eigenvalue weighted by Gasteiger charge is -2.29. The normalized spacial score (nSPS) is 18.6. The van der Waals surface area contributed by atoms with E-state index in [1.165, 1.54) is 0 Å². The van der Waals surface area contributed by atoms with Crippen LogP contribution >= 0.6 is 11.6 Å². The van der Waals surface area contributed by atoms with E-state index >= 15 is 0 Å². The molecule has 5 heteroatoms. The molecule has 1 aliphatic rings. The maximum Gasteiger partial charge on any atom is 0.134 e. The van der Waals surface area contributed by atoms with Crippen LogP contribution in [0.4, 0.5) is 0 Å². The standard InChI is InChI=1S/C18H25ClN2O2/c1-13(18-12-14-11-15(19)3-4-17(14)23-18)20-7-2-8-21-9-5-16(22)6-10-21/h3-4,11-13,16,20,22H,2,5-10H2,1H3/t13-/m0/s1. The fraction of sp³-hybridized carbons (Fsp3) is 0.556. The van der Waals surface area contributed by atoms with E-state index in [1.807, 2.05) is 18.2 Å². The quantitative estimate of drug-likeness (QED) is 0.792. The largest absolute Gasteiger partial charge is 0.459 e. The molecule has 2 N–H and O–H groups in total. The third kappa shape index (κ3) is 4.48. The number of nitrogens with one attached hydrogen (secondary N) is 1. The number of hydrogen-bond acceptors (Lipinski definition) is 4. The summed E-state index contributed by atoms with van der Waals surface area (Å²) in [6.07, 6.45) is 2.83. The van der Waals surface area contributed by atoms with Gasteiger partial charge in [-0.2, -0.15) is 0 Å². The Morgan fingerprint density at radius 1 is 1.35 bits per heavy atom. The highest BCUT2D eigenvalue weighted by molar-refractivity contribution is 6.31. The van der Waals surface area contributed by atoms with Crippen molar-refractivity contribution in [3.8, 4) is 0 Å². The number of hydrogen-bond donors (Lipinski definition) is 2. The Labute approximate surface area is 142 Å². The summed E-state index contributed by atoms with van der Waals surface area (Å²) in [7, 11) is 0. The molecular weight excluding hydrogens is 312 g/mol. The summed E-state index contributed by atoms with van der Waals surface area (Å²) in [5.41, 5.74) is 0.880.